The Bertz CT molecular complexity index is 781. The molecule has 2 aromatic rings. The second-order valence-electron chi connectivity index (χ2n) is 5.14. The monoisotopic (exact) mass is 396 g/mol. The van der Waals surface area contributed by atoms with Gasteiger partial charge in [-0.2, -0.15) is 0 Å². The second-order valence-corrected chi connectivity index (χ2v) is 6.05. The average Bonchev–Trinajstić information content (AvgIpc) is 2.50. The second kappa shape index (κ2) is 8.01. The Labute approximate surface area is 146 Å². The van der Waals surface area contributed by atoms with E-state index in [9.17, 15) is 18.4 Å². The lowest BCUT2D eigenvalue weighted by atomic mass is 10.2. The minimum atomic E-state index is -0.943. The summed E-state index contributed by atoms with van der Waals surface area (Å²) < 4.78 is 27.1. The molecule has 2 aromatic carbocycles. The number of carbonyl (C=O) groups is 2. The molecule has 2 rings (SSSR count). The molecule has 0 aliphatic rings. The van der Waals surface area contributed by atoms with Crippen LogP contribution in [-0.2, 0) is 4.79 Å². The fourth-order valence-corrected chi connectivity index (χ4v) is 2.36. The Kier molecular flexibility index (Phi) is 6.03. The van der Waals surface area contributed by atoms with Crippen molar-refractivity contribution in [2.24, 2.45) is 0 Å². The van der Waals surface area contributed by atoms with Crippen molar-refractivity contribution < 1.29 is 18.4 Å². The molecular weight excluding hydrogens is 382 g/mol. The number of rotatable bonds is 5. The fourth-order valence-electron chi connectivity index (χ4n) is 2.00. The van der Waals surface area contributed by atoms with Crippen LogP contribution in [0.2, 0.25) is 0 Å². The van der Waals surface area contributed by atoms with Crippen LogP contribution in [0.25, 0.3) is 0 Å². The number of amides is 2. The summed E-state index contributed by atoms with van der Waals surface area (Å²) in [6.07, 6.45) is 0.0283. The average molecular weight is 397 g/mol. The van der Waals surface area contributed by atoms with Crippen molar-refractivity contribution in [1.29, 1.82) is 0 Å². The summed E-state index contributed by atoms with van der Waals surface area (Å²) in [6, 6.07) is 8.20. The van der Waals surface area contributed by atoms with E-state index >= 15 is 0 Å². The van der Waals surface area contributed by atoms with E-state index in [4.69, 9.17) is 0 Å². The van der Waals surface area contributed by atoms with E-state index in [1.807, 2.05) is 19.1 Å². The van der Waals surface area contributed by atoms with Crippen molar-refractivity contribution in [3.8, 4) is 0 Å². The van der Waals surface area contributed by atoms with Crippen LogP contribution >= 0.6 is 15.9 Å². The van der Waals surface area contributed by atoms with Gasteiger partial charge in [-0.15, -0.1) is 0 Å². The Hall–Kier alpha value is -2.28. The van der Waals surface area contributed by atoms with Crippen LogP contribution in [0.1, 0.15) is 22.3 Å². The first-order valence-corrected chi connectivity index (χ1v) is 7.95. The molecule has 2 amide bonds. The van der Waals surface area contributed by atoms with E-state index in [1.54, 1.807) is 6.07 Å². The quantitative estimate of drug-likeness (QED) is 0.807. The summed E-state index contributed by atoms with van der Waals surface area (Å²) in [6.45, 7) is 1.90. The highest BCUT2D eigenvalue weighted by atomic mass is 79.9. The lowest BCUT2D eigenvalue weighted by Gasteiger charge is -2.10. The maximum absolute atomic E-state index is 13.5. The summed E-state index contributed by atoms with van der Waals surface area (Å²) >= 11 is 3.33. The van der Waals surface area contributed by atoms with E-state index in [1.165, 1.54) is 0 Å². The van der Waals surface area contributed by atoms with Gasteiger partial charge in [-0.1, -0.05) is 22.0 Å². The number of halogens is 3. The van der Waals surface area contributed by atoms with E-state index in [2.05, 4.69) is 26.6 Å². The standard InChI is InChI=1S/C17H15BrF2N2O2/c1-10-2-3-11(18)8-15(10)22-16(23)6-7-21-17(24)13-5-4-12(19)9-14(13)20/h2-5,8-9H,6-7H2,1H3,(H,21,24)(H,22,23). The number of anilines is 1. The molecule has 0 spiro atoms. The van der Waals surface area contributed by atoms with Crippen molar-refractivity contribution in [1.82, 2.24) is 5.32 Å². The van der Waals surface area contributed by atoms with E-state index in [0.717, 1.165) is 22.2 Å². The van der Waals surface area contributed by atoms with Gasteiger partial charge in [0.1, 0.15) is 11.6 Å². The number of benzene rings is 2. The van der Waals surface area contributed by atoms with Gasteiger partial charge in [-0.25, -0.2) is 8.78 Å². The summed E-state index contributed by atoms with van der Waals surface area (Å²) in [5.74, 6) is -2.68. The van der Waals surface area contributed by atoms with Gasteiger partial charge < -0.3 is 10.6 Å². The van der Waals surface area contributed by atoms with Gasteiger partial charge in [-0.3, -0.25) is 9.59 Å². The SMILES string of the molecule is Cc1ccc(Br)cc1NC(=O)CCNC(=O)c1ccc(F)cc1F. The van der Waals surface area contributed by atoms with Crippen LogP contribution in [0.15, 0.2) is 40.9 Å². The van der Waals surface area contributed by atoms with Crippen LogP contribution < -0.4 is 10.6 Å². The predicted octanol–water partition coefficient (Wildman–Crippen LogP) is 3.79. The molecule has 0 fully saturated rings. The van der Waals surface area contributed by atoms with Crippen LogP contribution in [0.4, 0.5) is 14.5 Å². The van der Waals surface area contributed by atoms with Gasteiger partial charge in [0.25, 0.3) is 5.91 Å². The summed E-state index contributed by atoms with van der Waals surface area (Å²) in [5.41, 5.74) is 1.31. The zero-order valence-corrected chi connectivity index (χ0v) is 14.4. The van der Waals surface area contributed by atoms with Gasteiger partial charge in [0, 0.05) is 29.2 Å². The van der Waals surface area contributed by atoms with Crippen LogP contribution in [0.5, 0.6) is 0 Å². The highest BCUT2D eigenvalue weighted by Gasteiger charge is 2.13. The molecule has 0 radical (unpaired) electrons. The minimum Gasteiger partial charge on any atom is -0.351 e. The molecule has 0 atom stereocenters. The number of hydrogen-bond acceptors (Lipinski definition) is 2. The molecule has 0 bridgehead atoms. The molecule has 0 aliphatic heterocycles. The number of hydrogen-bond donors (Lipinski definition) is 2. The van der Waals surface area contributed by atoms with E-state index in [0.29, 0.717) is 11.8 Å². The molecule has 7 heteroatoms. The normalized spacial score (nSPS) is 10.3. The van der Waals surface area contributed by atoms with E-state index in [-0.39, 0.29) is 24.4 Å². The summed E-state index contributed by atoms with van der Waals surface area (Å²) in [4.78, 5) is 23.7. The molecule has 24 heavy (non-hydrogen) atoms. The third-order valence-corrected chi connectivity index (χ3v) is 3.78. The Morgan fingerprint density at radius 1 is 1.12 bits per heavy atom. The zero-order valence-electron chi connectivity index (χ0n) is 12.8. The Balaban J connectivity index is 1.86. The zero-order chi connectivity index (χ0) is 17.7. The highest BCUT2D eigenvalue weighted by molar-refractivity contribution is 9.10. The van der Waals surface area contributed by atoms with Crippen molar-refractivity contribution >= 4 is 33.4 Å². The molecule has 0 saturated heterocycles. The molecular formula is C17H15BrF2N2O2. The van der Waals surface area contributed by atoms with Crippen LogP contribution in [0, 0.1) is 18.6 Å². The third-order valence-electron chi connectivity index (χ3n) is 3.29. The molecule has 0 heterocycles. The molecule has 0 saturated carbocycles. The molecule has 0 aliphatic carbocycles. The maximum atomic E-state index is 13.5. The maximum Gasteiger partial charge on any atom is 0.254 e. The number of nitrogens with one attached hydrogen (secondary N) is 2. The van der Waals surface area contributed by atoms with Crippen molar-refractivity contribution in [2.45, 2.75) is 13.3 Å². The Morgan fingerprint density at radius 2 is 1.88 bits per heavy atom. The van der Waals surface area contributed by atoms with Gasteiger partial charge in [0.2, 0.25) is 5.91 Å². The van der Waals surface area contributed by atoms with Crippen LogP contribution in [0.3, 0.4) is 0 Å². The molecule has 4 nitrogen and oxygen atoms in total. The molecule has 0 unspecified atom stereocenters. The predicted molar refractivity (Wildman–Crippen MR) is 90.8 cm³/mol. The lowest BCUT2D eigenvalue weighted by molar-refractivity contribution is -0.116. The van der Waals surface area contributed by atoms with Gasteiger partial charge in [0.15, 0.2) is 0 Å². The number of aryl methyl sites for hydroxylation is 1. The molecule has 2 N–H and O–H groups in total. The number of carbonyl (C=O) groups excluding carboxylic acids is 2. The van der Waals surface area contributed by atoms with Gasteiger partial charge >= 0.3 is 0 Å². The third kappa shape index (κ3) is 4.86. The Morgan fingerprint density at radius 3 is 2.58 bits per heavy atom. The van der Waals surface area contributed by atoms with Crippen molar-refractivity contribution in [3.05, 3.63) is 63.6 Å². The minimum absolute atomic E-state index is 0.0283. The first-order chi connectivity index (χ1) is 11.4. The summed E-state index contributed by atoms with van der Waals surface area (Å²) in [7, 11) is 0. The lowest BCUT2D eigenvalue weighted by Crippen LogP contribution is -2.28. The summed E-state index contributed by atoms with van der Waals surface area (Å²) in [5, 5.41) is 5.17. The molecule has 126 valence electrons. The molecule has 0 aromatic heterocycles. The van der Waals surface area contributed by atoms with Crippen molar-refractivity contribution in [3.63, 3.8) is 0 Å². The first kappa shape index (κ1) is 18.1. The van der Waals surface area contributed by atoms with Gasteiger partial charge in [-0.05, 0) is 36.8 Å². The first-order valence-electron chi connectivity index (χ1n) is 7.16. The van der Waals surface area contributed by atoms with E-state index < -0.39 is 17.5 Å². The topological polar surface area (TPSA) is 58.2 Å². The highest BCUT2D eigenvalue weighted by Crippen LogP contribution is 2.20. The smallest absolute Gasteiger partial charge is 0.254 e. The fraction of sp³-hybridized carbons (Fsp3) is 0.176. The van der Waals surface area contributed by atoms with Crippen LogP contribution in [-0.4, -0.2) is 18.4 Å². The largest absolute Gasteiger partial charge is 0.351 e. The van der Waals surface area contributed by atoms with Gasteiger partial charge in [0.05, 0.1) is 5.56 Å². The van der Waals surface area contributed by atoms with Crippen molar-refractivity contribution in [2.75, 3.05) is 11.9 Å².